The van der Waals surface area contributed by atoms with Crippen LogP contribution < -0.4 is 9.64 Å². The van der Waals surface area contributed by atoms with Crippen LogP contribution in [0.2, 0.25) is 25.7 Å². The van der Waals surface area contributed by atoms with Crippen LogP contribution in [-0.4, -0.2) is 81.4 Å². The largest absolute Gasteiger partial charge is 0.471 e. The summed E-state index contributed by atoms with van der Waals surface area (Å²) in [4.78, 5) is 26.5. The molecule has 0 fully saturated rings. The quantitative estimate of drug-likeness (QED) is 0.192. The highest BCUT2D eigenvalue weighted by Gasteiger charge is 2.27. The van der Waals surface area contributed by atoms with Gasteiger partial charge in [-0.2, -0.15) is 4.98 Å². The third kappa shape index (κ3) is 7.28. The average Bonchev–Trinajstić information content (AvgIpc) is 3.26. The van der Waals surface area contributed by atoms with Crippen LogP contribution >= 0.6 is 0 Å². The summed E-state index contributed by atoms with van der Waals surface area (Å²) >= 11 is 0. The fourth-order valence-electron chi connectivity index (χ4n) is 3.60. The molecule has 9 nitrogen and oxygen atoms in total. The van der Waals surface area contributed by atoms with E-state index in [-0.39, 0.29) is 6.73 Å². The summed E-state index contributed by atoms with van der Waals surface area (Å²) in [6.45, 7) is 9.66. The monoisotopic (exact) mass is 513 g/mol. The standard InChI is InChI=1S/C26H39N5O4Si/c1-29(2)13-14-30(3)24-21(26(32)33-4)23-22(25(28-24)35-17-20-11-9-8-10-12-20)27-18-31(23)19-34-15-16-36(5,6)7/h8-12,18H,13-17,19H2,1-7H3. The molecule has 0 aliphatic heterocycles. The molecule has 0 aliphatic rings. The number of benzene rings is 1. The Morgan fingerprint density at radius 1 is 1.08 bits per heavy atom. The minimum atomic E-state index is -1.23. The molecule has 0 saturated carbocycles. The highest BCUT2D eigenvalue weighted by atomic mass is 28.3. The average molecular weight is 514 g/mol. The highest BCUT2D eigenvalue weighted by Crippen LogP contribution is 2.33. The number of carbonyl (C=O) groups excluding carboxylic acids is 1. The Bertz CT molecular complexity index is 1140. The van der Waals surface area contributed by atoms with E-state index in [2.05, 4.69) is 29.5 Å². The van der Waals surface area contributed by atoms with Crippen molar-refractivity contribution in [2.75, 3.05) is 52.8 Å². The predicted octanol–water partition coefficient (Wildman–Crippen LogP) is 4.11. The third-order valence-corrected chi connectivity index (χ3v) is 7.49. The molecule has 0 bridgehead atoms. The lowest BCUT2D eigenvalue weighted by Crippen LogP contribution is -2.30. The summed E-state index contributed by atoms with van der Waals surface area (Å²) in [6.07, 6.45) is 1.67. The first-order chi connectivity index (χ1) is 17.1. The van der Waals surface area contributed by atoms with Crippen molar-refractivity contribution in [3.8, 4) is 5.88 Å². The normalized spacial score (nSPS) is 11.8. The second kappa shape index (κ2) is 12.3. The number of anilines is 1. The van der Waals surface area contributed by atoms with Crippen molar-refractivity contribution in [1.29, 1.82) is 0 Å². The molecule has 196 valence electrons. The number of imidazole rings is 1. The number of methoxy groups -OCH3 is 1. The Labute approximate surface area is 215 Å². The topological polar surface area (TPSA) is 82.0 Å². The minimum absolute atomic E-state index is 0.272. The van der Waals surface area contributed by atoms with Crippen LogP contribution in [0.25, 0.3) is 11.0 Å². The molecule has 0 radical (unpaired) electrons. The molecule has 3 rings (SSSR count). The molecule has 3 aromatic rings. The molecule has 0 unspecified atom stereocenters. The zero-order valence-corrected chi connectivity index (χ0v) is 23.6. The van der Waals surface area contributed by atoms with E-state index in [0.717, 1.165) is 18.2 Å². The van der Waals surface area contributed by atoms with Crippen molar-refractivity contribution < 1.29 is 19.0 Å². The number of likely N-dealkylation sites (N-methyl/N-ethyl adjacent to an activating group) is 2. The number of aromatic nitrogens is 3. The predicted molar refractivity (Wildman–Crippen MR) is 146 cm³/mol. The van der Waals surface area contributed by atoms with Crippen LogP contribution in [0.5, 0.6) is 5.88 Å². The Hall–Kier alpha value is -2.95. The van der Waals surface area contributed by atoms with Gasteiger partial charge in [0.2, 0.25) is 5.88 Å². The summed E-state index contributed by atoms with van der Waals surface area (Å²) in [5, 5.41) is 0. The maximum absolute atomic E-state index is 13.1. The number of rotatable bonds is 13. The van der Waals surface area contributed by atoms with Crippen molar-refractivity contribution in [2.24, 2.45) is 0 Å². The van der Waals surface area contributed by atoms with Gasteiger partial charge in [-0.25, -0.2) is 9.78 Å². The van der Waals surface area contributed by atoms with E-state index in [9.17, 15) is 4.79 Å². The van der Waals surface area contributed by atoms with Gasteiger partial charge in [0, 0.05) is 34.8 Å². The van der Waals surface area contributed by atoms with Crippen LogP contribution in [-0.2, 0) is 22.8 Å². The van der Waals surface area contributed by atoms with Gasteiger partial charge < -0.3 is 28.6 Å². The summed E-state index contributed by atoms with van der Waals surface area (Å²) < 4.78 is 19.2. The van der Waals surface area contributed by atoms with E-state index < -0.39 is 14.0 Å². The van der Waals surface area contributed by atoms with Gasteiger partial charge in [-0.1, -0.05) is 50.0 Å². The van der Waals surface area contributed by atoms with Crippen molar-refractivity contribution in [3.63, 3.8) is 0 Å². The van der Waals surface area contributed by atoms with Gasteiger partial charge in [-0.05, 0) is 25.7 Å². The van der Waals surface area contributed by atoms with Gasteiger partial charge in [0.15, 0.2) is 5.52 Å². The first-order valence-electron chi connectivity index (χ1n) is 12.2. The fraction of sp³-hybridized carbons (Fsp3) is 0.500. The molecule has 1 aromatic carbocycles. The first kappa shape index (κ1) is 27.6. The summed E-state index contributed by atoms with van der Waals surface area (Å²) in [7, 11) is 6.08. The maximum atomic E-state index is 13.1. The van der Waals surface area contributed by atoms with Crippen LogP contribution in [0.15, 0.2) is 36.7 Å². The highest BCUT2D eigenvalue weighted by molar-refractivity contribution is 6.76. The summed E-state index contributed by atoms with van der Waals surface area (Å²) in [6, 6.07) is 10.9. The molecule has 2 heterocycles. The molecule has 0 saturated heterocycles. The van der Waals surface area contributed by atoms with Crippen LogP contribution in [0.4, 0.5) is 5.82 Å². The summed E-state index contributed by atoms with van der Waals surface area (Å²) in [5.41, 5.74) is 2.47. The van der Waals surface area contributed by atoms with E-state index in [1.165, 1.54) is 7.11 Å². The molecular formula is C26H39N5O4Si. The van der Waals surface area contributed by atoms with Gasteiger partial charge in [-0.3, -0.25) is 0 Å². The first-order valence-corrected chi connectivity index (χ1v) is 15.9. The van der Waals surface area contributed by atoms with Crippen molar-refractivity contribution in [3.05, 3.63) is 47.8 Å². The summed E-state index contributed by atoms with van der Waals surface area (Å²) in [5.74, 6) is 0.384. The molecule has 0 aliphatic carbocycles. The van der Waals surface area contributed by atoms with E-state index in [1.54, 1.807) is 6.33 Å². The van der Waals surface area contributed by atoms with E-state index in [4.69, 9.17) is 19.2 Å². The number of ether oxygens (including phenoxy) is 3. The molecule has 2 aromatic heterocycles. The number of fused-ring (bicyclic) bond motifs is 1. The molecule has 10 heteroatoms. The van der Waals surface area contributed by atoms with E-state index in [0.29, 0.717) is 48.1 Å². The van der Waals surface area contributed by atoms with Gasteiger partial charge in [0.05, 0.1) is 19.0 Å². The molecule has 0 N–H and O–H groups in total. The van der Waals surface area contributed by atoms with Crippen molar-refractivity contribution >= 4 is 30.9 Å². The minimum Gasteiger partial charge on any atom is -0.471 e. The number of carbonyl (C=O) groups is 1. The van der Waals surface area contributed by atoms with Gasteiger partial charge in [0.1, 0.15) is 24.7 Å². The number of pyridine rings is 1. The lowest BCUT2D eigenvalue weighted by molar-refractivity contribution is 0.0601. The smallest absolute Gasteiger partial charge is 0.343 e. The third-order valence-electron chi connectivity index (χ3n) is 5.79. The van der Waals surface area contributed by atoms with Crippen LogP contribution in [0.3, 0.4) is 0 Å². The number of hydrogen-bond donors (Lipinski definition) is 0. The Balaban J connectivity index is 2.05. The lowest BCUT2D eigenvalue weighted by atomic mass is 10.2. The zero-order chi connectivity index (χ0) is 26.3. The van der Waals surface area contributed by atoms with Crippen LogP contribution in [0, 0.1) is 0 Å². The zero-order valence-electron chi connectivity index (χ0n) is 22.6. The Morgan fingerprint density at radius 3 is 2.44 bits per heavy atom. The molecule has 36 heavy (non-hydrogen) atoms. The molecule has 0 atom stereocenters. The van der Waals surface area contributed by atoms with Crippen LogP contribution in [0.1, 0.15) is 15.9 Å². The fourth-order valence-corrected chi connectivity index (χ4v) is 4.36. The SMILES string of the molecule is COC(=O)c1c(N(C)CCN(C)C)nc(OCc2ccccc2)c2ncn(COCC[Si](C)(C)C)c12. The second-order valence-corrected chi connectivity index (χ2v) is 16.0. The van der Waals surface area contributed by atoms with Gasteiger partial charge in [-0.15, -0.1) is 0 Å². The Kier molecular flexibility index (Phi) is 9.47. The number of hydrogen-bond acceptors (Lipinski definition) is 8. The van der Waals surface area contributed by atoms with Crippen molar-refractivity contribution in [2.45, 2.75) is 39.0 Å². The Morgan fingerprint density at radius 2 is 1.81 bits per heavy atom. The molecule has 0 spiro atoms. The van der Waals surface area contributed by atoms with E-state index in [1.807, 2.05) is 60.9 Å². The lowest BCUT2D eigenvalue weighted by Gasteiger charge is -2.24. The van der Waals surface area contributed by atoms with E-state index >= 15 is 0 Å². The van der Waals surface area contributed by atoms with Gasteiger partial charge in [0.25, 0.3) is 0 Å². The maximum Gasteiger partial charge on any atom is 0.343 e. The molecule has 0 amide bonds. The van der Waals surface area contributed by atoms with Crippen molar-refractivity contribution in [1.82, 2.24) is 19.4 Å². The number of nitrogens with zero attached hydrogens (tertiary/aromatic N) is 5. The number of esters is 1. The molecular weight excluding hydrogens is 474 g/mol. The second-order valence-electron chi connectivity index (χ2n) is 10.4. The van der Waals surface area contributed by atoms with Gasteiger partial charge >= 0.3 is 5.97 Å².